The molecule has 30 unspecified atom stereocenters. The van der Waals surface area contributed by atoms with Crippen LogP contribution in [0.5, 0.6) is 0 Å². The minimum absolute atomic E-state index is 0.0101. The van der Waals surface area contributed by atoms with Crippen molar-refractivity contribution in [3.05, 3.63) is 11.6 Å². The average molecular weight is 1030 g/mol. The molecule has 22 heteroatoms. The molecule has 0 aromatic rings. The fourth-order valence-corrected chi connectivity index (χ4v) is 14.9. The highest BCUT2D eigenvalue weighted by Crippen LogP contribution is 2.69. The van der Waals surface area contributed by atoms with Crippen LogP contribution in [-0.4, -0.2) is 229 Å². The zero-order chi connectivity index (χ0) is 51.3. The molecule has 12 N–H and O–H groups in total. The van der Waals surface area contributed by atoms with E-state index < -0.39 is 148 Å². The van der Waals surface area contributed by atoms with E-state index in [1.165, 1.54) is 18.9 Å². The Hall–Kier alpha value is -1.14. The lowest BCUT2D eigenvalue weighted by Gasteiger charge is -2.58. The second kappa shape index (κ2) is 20.9. The van der Waals surface area contributed by atoms with Crippen molar-refractivity contribution in [2.45, 2.75) is 233 Å². The third-order valence-corrected chi connectivity index (χ3v) is 19.3. The molecule has 1 spiro atoms. The average Bonchev–Trinajstić information content (AvgIpc) is 3.86. The van der Waals surface area contributed by atoms with E-state index in [1.54, 1.807) is 0 Å². The van der Waals surface area contributed by atoms with Gasteiger partial charge in [-0.25, -0.2) is 0 Å². The molecule has 22 nitrogen and oxygen atoms in total. The van der Waals surface area contributed by atoms with Crippen LogP contribution < -0.4 is 0 Å². The predicted molar refractivity (Wildman–Crippen MR) is 242 cm³/mol. The van der Waals surface area contributed by atoms with Gasteiger partial charge in [0.15, 0.2) is 30.9 Å². The standard InChI is InChI=1S/C50H80O22/c1-20-7-12-50(63-19-20)15-27-28(72-50)14-26-24-6-5-22-13-23(8-10-48(22,3)25(24)9-11-49(26,27)4)65-45-38(60)34(56)42(29(16-51)66-45)70-47-40(62)36(58)43(31(18-53)68-47)71-46-39(61)35(57)41(30(17-52)67-46)69-44-37(59)33(55)32(54)21(2)64-44/h5,20-21,23-47,51-62H,6-19H2,1-4H3. The van der Waals surface area contributed by atoms with Gasteiger partial charge < -0.3 is 109 Å². The van der Waals surface area contributed by atoms with E-state index in [0.29, 0.717) is 42.4 Å². The molecule has 6 saturated heterocycles. The van der Waals surface area contributed by atoms with E-state index in [2.05, 4.69) is 26.8 Å². The third-order valence-electron chi connectivity index (χ3n) is 19.3. The SMILES string of the molecule is CC1CCC2(CC3C(CC4C5CC=C6CC(OC7OC(CO)C(OC8OC(CO)C(OC9OC(CO)C(OC%10OC(C)C(O)C(O)C%10O)C(O)C9O)C(O)C8O)C(O)C7O)CCC6(C)C5CCC34C)O2)OC1. The molecule has 0 bridgehead atoms. The number of rotatable bonds is 11. The van der Waals surface area contributed by atoms with E-state index in [-0.39, 0.29) is 23.0 Å². The summed E-state index contributed by atoms with van der Waals surface area (Å²) in [5, 5.41) is 129. The Morgan fingerprint density at radius 3 is 1.62 bits per heavy atom. The lowest BCUT2D eigenvalue weighted by molar-refractivity contribution is -0.388. The molecular formula is C50H80O22. The van der Waals surface area contributed by atoms with Crippen LogP contribution in [-0.2, 0) is 47.4 Å². The van der Waals surface area contributed by atoms with Crippen molar-refractivity contribution >= 4 is 0 Å². The summed E-state index contributed by atoms with van der Waals surface area (Å²) >= 11 is 0. The van der Waals surface area contributed by atoms with Crippen LogP contribution in [0.1, 0.15) is 91.9 Å². The van der Waals surface area contributed by atoms with Gasteiger partial charge in [0.1, 0.15) is 91.6 Å². The van der Waals surface area contributed by atoms with Gasteiger partial charge in [0, 0.05) is 12.8 Å². The first-order valence-electron chi connectivity index (χ1n) is 26.4. The van der Waals surface area contributed by atoms with Gasteiger partial charge in [-0.05, 0) is 98.7 Å². The maximum absolute atomic E-state index is 11.5. The summed E-state index contributed by atoms with van der Waals surface area (Å²) in [6, 6.07) is 0. The topological polar surface area (TPSA) is 335 Å². The van der Waals surface area contributed by atoms with E-state index in [9.17, 15) is 61.3 Å². The number of hydrogen-bond donors (Lipinski definition) is 12. The zero-order valence-electron chi connectivity index (χ0n) is 41.5. The quantitative estimate of drug-likeness (QED) is 0.0977. The summed E-state index contributed by atoms with van der Waals surface area (Å²) < 4.78 is 60.0. The molecule has 6 aliphatic heterocycles. The van der Waals surface area contributed by atoms with E-state index in [4.69, 9.17) is 47.4 Å². The molecule has 0 radical (unpaired) electrons. The van der Waals surface area contributed by atoms with Gasteiger partial charge in [-0.1, -0.05) is 32.4 Å². The van der Waals surface area contributed by atoms with Crippen molar-refractivity contribution < 1.29 is 109 Å². The number of aliphatic hydroxyl groups excluding tert-OH is 12. The third kappa shape index (κ3) is 9.38. The molecule has 0 aromatic heterocycles. The Bertz CT molecular complexity index is 1880. The van der Waals surface area contributed by atoms with Crippen LogP contribution >= 0.6 is 0 Å². The molecule has 10 aliphatic rings. The summed E-state index contributed by atoms with van der Waals surface area (Å²) in [7, 11) is 0. The highest BCUT2D eigenvalue weighted by atomic mass is 16.8. The summed E-state index contributed by atoms with van der Waals surface area (Å²) in [6.45, 7) is 6.92. The van der Waals surface area contributed by atoms with Gasteiger partial charge in [0.05, 0.1) is 44.7 Å². The van der Waals surface area contributed by atoms with Crippen LogP contribution in [0.3, 0.4) is 0 Å². The number of allylic oxidation sites excluding steroid dienone is 1. The summed E-state index contributed by atoms with van der Waals surface area (Å²) in [4.78, 5) is 0. The molecule has 10 rings (SSSR count). The smallest absolute Gasteiger partial charge is 0.187 e. The van der Waals surface area contributed by atoms with Gasteiger partial charge >= 0.3 is 0 Å². The molecule has 4 aliphatic carbocycles. The summed E-state index contributed by atoms with van der Waals surface area (Å²) in [5.41, 5.74) is 1.55. The molecule has 0 aromatic carbocycles. The lowest BCUT2D eigenvalue weighted by atomic mass is 9.47. The Labute approximate surface area is 419 Å². The first kappa shape index (κ1) is 54.2. The lowest BCUT2D eigenvalue weighted by Crippen LogP contribution is -2.67. The maximum Gasteiger partial charge on any atom is 0.187 e. The van der Waals surface area contributed by atoms with Crippen molar-refractivity contribution in [1.29, 1.82) is 0 Å². The van der Waals surface area contributed by atoms with E-state index >= 15 is 0 Å². The molecule has 412 valence electrons. The Kier molecular flexibility index (Phi) is 15.7. The molecule has 30 atom stereocenters. The normalized spacial score (nSPS) is 56.7. The second-order valence-corrected chi connectivity index (χ2v) is 23.5. The Morgan fingerprint density at radius 2 is 1.10 bits per heavy atom. The monoisotopic (exact) mass is 1030 g/mol. The van der Waals surface area contributed by atoms with E-state index in [0.717, 1.165) is 51.6 Å². The van der Waals surface area contributed by atoms with Crippen molar-refractivity contribution in [2.75, 3.05) is 26.4 Å². The van der Waals surface area contributed by atoms with Crippen molar-refractivity contribution in [1.82, 2.24) is 0 Å². The van der Waals surface area contributed by atoms with Crippen LogP contribution in [0.2, 0.25) is 0 Å². The first-order valence-corrected chi connectivity index (χ1v) is 26.4. The van der Waals surface area contributed by atoms with Gasteiger partial charge in [0.2, 0.25) is 0 Å². The van der Waals surface area contributed by atoms with Crippen molar-refractivity contribution in [3.8, 4) is 0 Å². The Balaban J connectivity index is 0.736. The second-order valence-electron chi connectivity index (χ2n) is 23.5. The minimum Gasteiger partial charge on any atom is -0.394 e. The van der Waals surface area contributed by atoms with Gasteiger partial charge in [-0.2, -0.15) is 0 Å². The first-order chi connectivity index (χ1) is 34.2. The number of ether oxygens (including phenoxy) is 10. The highest BCUT2D eigenvalue weighted by molar-refractivity contribution is 5.26. The highest BCUT2D eigenvalue weighted by Gasteiger charge is 2.66. The van der Waals surface area contributed by atoms with Gasteiger partial charge in [0.25, 0.3) is 0 Å². The van der Waals surface area contributed by atoms with Crippen LogP contribution in [0.25, 0.3) is 0 Å². The Morgan fingerprint density at radius 1 is 0.569 bits per heavy atom. The van der Waals surface area contributed by atoms with Crippen molar-refractivity contribution in [2.24, 2.45) is 40.4 Å². The number of hydrogen-bond acceptors (Lipinski definition) is 22. The van der Waals surface area contributed by atoms with Gasteiger partial charge in [-0.15, -0.1) is 0 Å². The maximum atomic E-state index is 11.5. The molecular weight excluding hydrogens is 953 g/mol. The fourth-order valence-electron chi connectivity index (χ4n) is 14.9. The summed E-state index contributed by atoms with van der Waals surface area (Å²) in [6.07, 6.45) is -20.9. The van der Waals surface area contributed by atoms with E-state index in [1.807, 2.05) is 0 Å². The van der Waals surface area contributed by atoms with Crippen LogP contribution in [0, 0.1) is 40.4 Å². The van der Waals surface area contributed by atoms with Gasteiger partial charge in [-0.3, -0.25) is 0 Å². The summed E-state index contributed by atoms with van der Waals surface area (Å²) in [5.74, 6) is 2.34. The van der Waals surface area contributed by atoms with Crippen molar-refractivity contribution in [3.63, 3.8) is 0 Å². The zero-order valence-corrected chi connectivity index (χ0v) is 41.5. The van der Waals surface area contributed by atoms with Crippen LogP contribution in [0.4, 0.5) is 0 Å². The fraction of sp³-hybridized carbons (Fsp3) is 0.960. The molecule has 9 fully saturated rings. The molecule has 3 saturated carbocycles. The van der Waals surface area contributed by atoms with Crippen LogP contribution in [0.15, 0.2) is 11.6 Å². The molecule has 0 amide bonds. The molecule has 72 heavy (non-hydrogen) atoms. The number of fused-ring (bicyclic) bond motifs is 7. The number of aliphatic hydroxyl groups is 12. The molecule has 6 heterocycles. The minimum atomic E-state index is -1.98. The largest absolute Gasteiger partial charge is 0.394 e. The predicted octanol–water partition coefficient (Wildman–Crippen LogP) is -2.21.